The minimum Gasteiger partial charge on any atom is -0.467 e. The first-order valence-corrected chi connectivity index (χ1v) is 11.2. The molecular weight excluding hydrogens is 456 g/mol. The summed E-state index contributed by atoms with van der Waals surface area (Å²) in [6.45, 7) is 0.281. The maximum atomic E-state index is 13.2. The lowest BCUT2D eigenvalue weighted by Crippen LogP contribution is -2.27. The summed E-state index contributed by atoms with van der Waals surface area (Å²) in [6.07, 6.45) is 6.59. The van der Waals surface area contributed by atoms with E-state index in [2.05, 4.69) is 26.0 Å². The SMILES string of the molecule is O=C(NCc1ccco1)Nc1ccc(NC(=O)c2cn(-c3ccccc3)nc2-c2cccnc2)cc1. The van der Waals surface area contributed by atoms with Gasteiger partial charge in [0.15, 0.2) is 0 Å². The van der Waals surface area contributed by atoms with Crippen molar-refractivity contribution in [1.29, 1.82) is 0 Å². The van der Waals surface area contributed by atoms with Crippen molar-refractivity contribution >= 4 is 23.3 Å². The van der Waals surface area contributed by atoms with Gasteiger partial charge in [0.25, 0.3) is 5.91 Å². The van der Waals surface area contributed by atoms with Gasteiger partial charge >= 0.3 is 6.03 Å². The van der Waals surface area contributed by atoms with Gasteiger partial charge in [0.05, 0.1) is 24.1 Å². The maximum Gasteiger partial charge on any atom is 0.319 e. The van der Waals surface area contributed by atoms with Crippen LogP contribution in [0.3, 0.4) is 0 Å². The quantitative estimate of drug-likeness (QED) is 0.301. The highest BCUT2D eigenvalue weighted by molar-refractivity contribution is 6.08. The number of rotatable bonds is 7. The van der Waals surface area contributed by atoms with Gasteiger partial charge in [-0.15, -0.1) is 0 Å². The Morgan fingerprint density at radius 2 is 1.64 bits per heavy atom. The number of urea groups is 1. The molecule has 0 aliphatic heterocycles. The van der Waals surface area contributed by atoms with E-state index in [1.165, 1.54) is 0 Å². The Morgan fingerprint density at radius 1 is 0.861 bits per heavy atom. The number of aromatic nitrogens is 3. The topological polar surface area (TPSA) is 114 Å². The molecule has 36 heavy (non-hydrogen) atoms. The molecule has 3 N–H and O–H groups in total. The number of amides is 3. The number of pyridine rings is 1. The summed E-state index contributed by atoms with van der Waals surface area (Å²) in [7, 11) is 0. The van der Waals surface area contributed by atoms with Gasteiger partial charge in [0.2, 0.25) is 0 Å². The van der Waals surface area contributed by atoms with Gasteiger partial charge in [-0.05, 0) is 60.7 Å². The number of furan rings is 1. The molecule has 2 aromatic carbocycles. The zero-order valence-corrected chi connectivity index (χ0v) is 19.1. The van der Waals surface area contributed by atoms with Crippen molar-refractivity contribution in [2.24, 2.45) is 0 Å². The monoisotopic (exact) mass is 478 g/mol. The van der Waals surface area contributed by atoms with Crippen molar-refractivity contribution in [3.05, 3.63) is 115 Å². The van der Waals surface area contributed by atoms with E-state index in [0.29, 0.717) is 28.4 Å². The normalized spacial score (nSPS) is 10.6. The minimum atomic E-state index is -0.363. The third-order valence-electron chi connectivity index (χ3n) is 5.32. The molecule has 0 aliphatic rings. The van der Waals surface area contributed by atoms with Crippen LogP contribution in [0.15, 0.2) is 108 Å². The van der Waals surface area contributed by atoms with Gasteiger partial charge in [0.1, 0.15) is 11.5 Å². The molecule has 9 heteroatoms. The highest BCUT2D eigenvalue weighted by Crippen LogP contribution is 2.24. The number of para-hydroxylation sites is 1. The third-order valence-corrected chi connectivity index (χ3v) is 5.32. The summed E-state index contributed by atoms with van der Waals surface area (Å²) in [5.74, 6) is 0.345. The largest absolute Gasteiger partial charge is 0.467 e. The molecule has 3 amide bonds. The smallest absolute Gasteiger partial charge is 0.319 e. The number of nitrogens with zero attached hydrogens (tertiary/aromatic N) is 3. The molecule has 3 heterocycles. The fraction of sp³-hybridized carbons (Fsp3) is 0.0370. The number of carbonyl (C=O) groups excluding carboxylic acids is 2. The lowest BCUT2D eigenvalue weighted by Gasteiger charge is -2.09. The number of hydrogen-bond donors (Lipinski definition) is 3. The Hall–Kier alpha value is -5.18. The molecule has 0 atom stereocenters. The first-order chi connectivity index (χ1) is 17.7. The summed E-state index contributed by atoms with van der Waals surface area (Å²) in [4.78, 5) is 29.5. The van der Waals surface area contributed by atoms with Crippen LogP contribution >= 0.6 is 0 Å². The molecule has 5 rings (SSSR count). The number of benzene rings is 2. The third kappa shape index (κ3) is 5.31. The van der Waals surface area contributed by atoms with E-state index < -0.39 is 0 Å². The van der Waals surface area contributed by atoms with Gasteiger partial charge in [-0.2, -0.15) is 5.10 Å². The molecule has 0 saturated carbocycles. The Bertz CT molecular complexity index is 1450. The van der Waals surface area contributed by atoms with Crippen LogP contribution in [0.4, 0.5) is 16.2 Å². The van der Waals surface area contributed by atoms with E-state index in [0.717, 1.165) is 11.3 Å². The minimum absolute atomic E-state index is 0.281. The van der Waals surface area contributed by atoms with E-state index in [1.54, 1.807) is 72.0 Å². The van der Waals surface area contributed by atoms with E-state index >= 15 is 0 Å². The van der Waals surface area contributed by atoms with E-state index in [9.17, 15) is 9.59 Å². The zero-order chi connectivity index (χ0) is 24.7. The summed E-state index contributed by atoms with van der Waals surface area (Å²) in [5.41, 5.74) is 3.66. The van der Waals surface area contributed by atoms with Crippen molar-refractivity contribution in [2.45, 2.75) is 6.54 Å². The van der Waals surface area contributed by atoms with Crippen molar-refractivity contribution in [2.75, 3.05) is 10.6 Å². The van der Waals surface area contributed by atoms with Crippen molar-refractivity contribution in [1.82, 2.24) is 20.1 Å². The summed E-state index contributed by atoms with van der Waals surface area (Å²) < 4.78 is 6.87. The lowest BCUT2D eigenvalue weighted by molar-refractivity contribution is 0.102. The number of carbonyl (C=O) groups is 2. The van der Waals surface area contributed by atoms with Crippen LogP contribution in [0.25, 0.3) is 16.9 Å². The molecule has 9 nitrogen and oxygen atoms in total. The molecule has 178 valence electrons. The van der Waals surface area contributed by atoms with Gasteiger partial charge < -0.3 is 20.4 Å². The Morgan fingerprint density at radius 3 is 2.33 bits per heavy atom. The van der Waals surface area contributed by atoms with Gasteiger partial charge in [-0.25, -0.2) is 9.48 Å². The fourth-order valence-corrected chi connectivity index (χ4v) is 3.56. The molecular formula is C27H22N6O3. The molecule has 0 saturated heterocycles. The van der Waals surface area contributed by atoms with E-state index in [-0.39, 0.29) is 18.5 Å². The predicted octanol–water partition coefficient (Wildman–Crippen LogP) is 5.10. The summed E-state index contributed by atoms with van der Waals surface area (Å²) in [6, 6.07) is 23.2. The second kappa shape index (κ2) is 10.4. The second-order valence-corrected chi connectivity index (χ2v) is 7.83. The first-order valence-electron chi connectivity index (χ1n) is 11.2. The van der Waals surface area contributed by atoms with Gasteiger partial charge in [0, 0.05) is 35.5 Å². The van der Waals surface area contributed by atoms with Crippen molar-refractivity contribution in [3.63, 3.8) is 0 Å². The average molecular weight is 479 g/mol. The summed E-state index contributed by atoms with van der Waals surface area (Å²) in [5, 5.41) is 13.0. The van der Waals surface area contributed by atoms with Crippen LogP contribution in [-0.4, -0.2) is 26.7 Å². The number of anilines is 2. The number of hydrogen-bond acceptors (Lipinski definition) is 5. The highest BCUT2D eigenvalue weighted by Gasteiger charge is 2.19. The maximum absolute atomic E-state index is 13.2. The molecule has 0 radical (unpaired) electrons. The van der Waals surface area contributed by atoms with Crippen molar-refractivity contribution in [3.8, 4) is 16.9 Å². The summed E-state index contributed by atoms with van der Waals surface area (Å²) >= 11 is 0. The second-order valence-electron chi connectivity index (χ2n) is 7.83. The molecule has 3 aromatic heterocycles. The Balaban J connectivity index is 1.29. The Labute approximate surface area is 206 Å². The van der Waals surface area contributed by atoms with E-state index in [1.807, 2.05) is 36.4 Å². The molecule has 5 aromatic rings. The molecule has 0 bridgehead atoms. The van der Waals surface area contributed by atoms with Crippen LogP contribution in [-0.2, 0) is 6.54 Å². The lowest BCUT2D eigenvalue weighted by atomic mass is 10.1. The molecule has 0 aliphatic carbocycles. The Kier molecular flexibility index (Phi) is 6.53. The van der Waals surface area contributed by atoms with Crippen LogP contribution in [0.2, 0.25) is 0 Å². The van der Waals surface area contributed by atoms with Gasteiger partial charge in [-0.3, -0.25) is 9.78 Å². The zero-order valence-electron chi connectivity index (χ0n) is 19.1. The van der Waals surface area contributed by atoms with Crippen molar-refractivity contribution < 1.29 is 14.0 Å². The predicted molar refractivity (Wildman–Crippen MR) is 136 cm³/mol. The van der Waals surface area contributed by atoms with Crippen LogP contribution in [0.1, 0.15) is 16.1 Å². The standard InChI is InChI=1S/C27H22N6O3/c34-26(30-20-10-12-21(13-11-20)31-27(35)29-17-23-9-5-15-36-23)24-18-33(22-7-2-1-3-8-22)32-25(24)19-6-4-14-28-16-19/h1-16,18H,17H2,(H,30,34)(H2,29,31,35). The van der Waals surface area contributed by atoms with Crippen LogP contribution < -0.4 is 16.0 Å². The molecule has 0 spiro atoms. The highest BCUT2D eigenvalue weighted by atomic mass is 16.3. The first kappa shape index (κ1) is 22.6. The molecule has 0 unspecified atom stereocenters. The molecule has 0 fully saturated rings. The van der Waals surface area contributed by atoms with Crippen LogP contribution in [0, 0.1) is 0 Å². The van der Waals surface area contributed by atoms with Gasteiger partial charge in [-0.1, -0.05) is 18.2 Å². The van der Waals surface area contributed by atoms with E-state index in [4.69, 9.17) is 4.42 Å². The fourth-order valence-electron chi connectivity index (χ4n) is 3.56. The van der Waals surface area contributed by atoms with Crippen LogP contribution in [0.5, 0.6) is 0 Å². The number of nitrogens with one attached hydrogen (secondary N) is 3. The average Bonchev–Trinajstić information content (AvgIpc) is 3.60.